The van der Waals surface area contributed by atoms with Crippen LogP contribution in [0.3, 0.4) is 0 Å². The molecule has 5 heteroatoms. The van der Waals surface area contributed by atoms with Crippen LogP contribution >= 0.6 is 23.2 Å². The minimum absolute atomic E-state index is 0.359. The molecule has 0 aliphatic heterocycles. The van der Waals surface area contributed by atoms with Crippen molar-refractivity contribution in [3.63, 3.8) is 0 Å². The SMILES string of the molecule is C[C@@H](NCC(O)c1cc(Cl)c(N)c(Cl)c1)C1CCCCC1. The van der Waals surface area contributed by atoms with E-state index in [-0.39, 0.29) is 0 Å². The molecule has 118 valence electrons. The normalized spacial score (nSPS) is 19.4. The van der Waals surface area contributed by atoms with Crippen molar-refractivity contribution in [3.05, 3.63) is 27.7 Å². The average Bonchev–Trinajstić information content (AvgIpc) is 2.50. The summed E-state index contributed by atoms with van der Waals surface area (Å²) < 4.78 is 0. The van der Waals surface area contributed by atoms with Crippen LogP contribution in [0.25, 0.3) is 0 Å². The number of halogens is 2. The van der Waals surface area contributed by atoms with Crippen molar-refractivity contribution < 1.29 is 5.11 Å². The third-order valence-electron chi connectivity index (χ3n) is 4.48. The Balaban J connectivity index is 1.90. The number of nitrogens with one attached hydrogen (secondary N) is 1. The fourth-order valence-corrected chi connectivity index (χ4v) is 3.52. The van der Waals surface area contributed by atoms with Crippen LogP contribution in [-0.2, 0) is 0 Å². The first-order chi connectivity index (χ1) is 9.99. The van der Waals surface area contributed by atoms with Gasteiger partial charge in [-0.05, 0) is 43.4 Å². The van der Waals surface area contributed by atoms with Crippen LogP contribution in [0.5, 0.6) is 0 Å². The van der Waals surface area contributed by atoms with Gasteiger partial charge in [-0.2, -0.15) is 0 Å². The van der Waals surface area contributed by atoms with Crippen LogP contribution in [0.1, 0.15) is 50.7 Å². The van der Waals surface area contributed by atoms with Gasteiger partial charge in [-0.15, -0.1) is 0 Å². The van der Waals surface area contributed by atoms with Crippen molar-refractivity contribution in [3.8, 4) is 0 Å². The van der Waals surface area contributed by atoms with Crippen molar-refractivity contribution in [2.45, 2.75) is 51.2 Å². The summed E-state index contributed by atoms with van der Waals surface area (Å²) in [5.41, 5.74) is 6.77. The van der Waals surface area contributed by atoms with E-state index in [2.05, 4.69) is 12.2 Å². The van der Waals surface area contributed by atoms with E-state index in [4.69, 9.17) is 28.9 Å². The second-order valence-electron chi connectivity index (χ2n) is 6.01. The van der Waals surface area contributed by atoms with Crippen molar-refractivity contribution in [2.24, 2.45) is 5.92 Å². The molecule has 0 saturated heterocycles. The maximum Gasteiger partial charge on any atom is 0.0915 e. The van der Waals surface area contributed by atoms with Gasteiger partial charge in [0.25, 0.3) is 0 Å². The highest BCUT2D eigenvalue weighted by Crippen LogP contribution is 2.31. The van der Waals surface area contributed by atoms with E-state index < -0.39 is 6.10 Å². The molecular formula is C16H24Cl2N2O. The maximum atomic E-state index is 10.3. The van der Waals surface area contributed by atoms with Gasteiger partial charge >= 0.3 is 0 Å². The van der Waals surface area contributed by atoms with Gasteiger partial charge in [-0.25, -0.2) is 0 Å². The molecular weight excluding hydrogens is 307 g/mol. The molecule has 4 N–H and O–H groups in total. The number of rotatable bonds is 5. The molecule has 0 amide bonds. The lowest BCUT2D eigenvalue weighted by atomic mass is 9.84. The summed E-state index contributed by atoms with van der Waals surface area (Å²) in [5, 5.41) is 14.5. The largest absolute Gasteiger partial charge is 0.396 e. The zero-order valence-electron chi connectivity index (χ0n) is 12.4. The summed E-state index contributed by atoms with van der Waals surface area (Å²) in [7, 11) is 0. The number of hydrogen-bond acceptors (Lipinski definition) is 3. The van der Waals surface area contributed by atoms with E-state index >= 15 is 0 Å². The Bertz CT molecular complexity index is 452. The molecule has 0 aromatic heterocycles. The van der Waals surface area contributed by atoms with E-state index in [1.165, 1.54) is 32.1 Å². The standard InChI is InChI=1S/C16H24Cl2N2O/c1-10(11-5-3-2-4-6-11)20-9-15(21)12-7-13(17)16(19)14(18)8-12/h7-8,10-11,15,20-21H,2-6,9,19H2,1H3/t10-,15?/m1/s1. The molecule has 1 unspecified atom stereocenters. The van der Waals surface area contributed by atoms with Crippen LogP contribution in [0.2, 0.25) is 10.0 Å². The van der Waals surface area contributed by atoms with Crippen molar-refractivity contribution in [1.29, 1.82) is 0 Å². The molecule has 0 heterocycles. The summed E-state index contributed by atoms with van der Waals surface area (Å²) in [4.78, 5) is 0. The average molecular weight is 331 g/mol. The van der Waals surface area contributed by atoms with Gasteiger partial charge in [-0.3, -0.25) is 0 Å². The molecule has 1 aromatic rings. The smallest absolute Gasteiger partial charge is 0.0915 e. The number of anilines is 1. The Morgan fingerprint density at radius 1 is 1.24 bits per heavy atom. The highest BCUT2D eigenvalue weighted by atomic mass is 35.5. The predicted molar refractivity (Wildman–Crippen MR) is 89.9 cm³/mol. The Morgan fingerprint density at radius 2 is 1.81 bits per heavy atom. The lowest BCUT2D eigenvalue weighted by Gasteiger charge is -2.29. The van der Waals surface area contributed by atoms with Gasteiger partial charge in [0.1, 0.15) is 0 Å². The van der Waals surface area contributed by atoms with Crippen LogP contribution < -0.4 is 11.1 Å². The summed E-state index contributed by atoms with van der Waals surface area (Å²) >= 11 is 12.0. The van der Waals surface area contributed by atoms with Gasteiger partial charge in [0, 0.05) is 12.6 Å². The molecule has 2 atom stereocenters. The molecule has 2 rings (SSSR count). The van der Waals surface area contributed by atoms with Crippen LogP contribution in [0.4, 0.5) is 5.69 Å². The highest BCUT2D eigenvalue weighted by molar-refractivity contribution is 6.38. The Labute approximate surface area is 136 Å². The summed E-state index contributed by atoms with van der Waals surface area (Å²) in [6.45, 7) is 2.69. The fraction of sp³-hybridized carbons (Fsp3) is 0.625. The first kappa shape index (κ1) is 16.9. The zero-order valence-corrected chi connectivity index (χ0v) is 13.9. The molecule has 1 fully saturated rings. The second kappa shape index (κ2) is 7.68. The summed E-state index contributed by atoms with van der Waals surface area (Å²) in [6.07, 6.45) is 5.93. The molecule has 1 saturated carbocycles. The molecule has 21 heavy (non-hydrogen) atoms. The monoisotopic (exact) mass is 330 g/mol. The van der Waals surface area contributed by atoms with E-state index in [1.54, 1.807) is 12.1 Å². The number of nitrogens with two attached hydrogens (primary N) is 1. The number of aliphatic hydroxyl groups is 1. The topological polar surface area (TPSA) is 58.3 Å². The molecule has 0 spiro atoms. The van der Waals surface area contributed by atoms with Gasteiger partial charge in [0.05, 0.1) is 21.8 Å². The summed E-state index contributed by atoms with van der Waals surface area (Å²) in [6, 6.07) is 3.78. The molecule has 3 nitrogen and oxygen atoms in total. The fourth-order valence-electron chi connectivity index (χ4n) is 3.01. The first-order valence-electron chi connectivity index (χ1n) is 7.65. The number of hydrogen-bond donors (Lipinski definition) is 3. The van der Waals surface area contributed by atoms with Crippen molar-refractivity contribution in [1.82, 2.24) is 5.32 Å². The zero-order chi connectivity index (χ0) is 15.4. The van der Waals surface area contributed by atoms with E-state index in [1.807, 2.05) is 0 Å². The Kier molecular flexibility index (Phi) is 6.18. The third-order valence-corrected chi connectivity index (χ3v) is 5.10. The highest BCUT2D eigenvalue weighted by Gasteiger charge is 2.21. The van der Waals surface area contributed by atoms with Gasteiger partial charge < -0.3 is 16.2 Å². The minimum Gasteiger partial charge on any atom is -0.396 e. The van der Waals surface area contributed by atoms with Crippen molar-refractivity contribution in [2.75, 3.05) is 12.3 Å². The molecule has 1 aliphatic rings. The van der Waals surface area contributed by atoms with Gasteiger partial charge in [0.2, 0.25) is 0 Å². The van der Waals surface area contributed by atoms with Gasteiger partial charge in [-0.1, -0.05) is 42.5 Å². The summed E-state index contributed by atoms with van der Waals surface area (Å²) in [5.74, 6) is 0.713. The van der Waals surface area contributed by atoms with E-state index in [9.17, 15) is 5.11 Å². The molecule has 1 aromatic carbocycles. The third kappa shape index (κ3) is 4.49. The lowest BCUT2D eigenvalue weighted by molar-refractivity contribution is 0.161. The van der Waals surface area contributed by atoms with Crippen LogP contribution in [-0.4, -0.2) is 17.7 Å². The first-order valence-corrected chi connectivity index (χ1v) is 8.40. The molecule has 1 aliphatic carbocycles. The molecule has 0 bridgehead atoms. The number of nitrogen functional groups attached to an aromatic ring is 1. The van der Waals surface area contributed by atoms with Crippen LogP contribution in [0.15, 0.2) is 12.1 Å². The van der Waals surface area contributed by atoms with Crippen LogP contribution in [0, 0.1) is 5.92 Å². The Morgan fingerprint density at radius 3 is 2.38 bits per heavy atom. The van der Waals surface area contributed by atoms with E-state index in [0.717, 1.165) is 0 Å². The van der Waals surface area contributed by atoms with Crippen molar-refractivity contribution >= 4 is 28.9 Å². The van der Waals surface area contributed by atoms with E-state index in [0.29, 0.717) is 39.8 Å². The second-order valence-corrected chi connectivity index (χ2v) is 6.82. The van der Waals surface area contributed by atoms with Gasteiger partial charge in [0.15, 0.2) is 0 Å². The molecule has 0 radical (unpaired) electrons. The number of benzene rings is 1. The number of aliphatic hydroxyl groups excluding tert-OH is 1. The maximum absolute atomic E-state index is 10.3. The lowest BCUT2D eigenvalue weighted by Crippen LogP contribution is -2.37. The minimum atomic E-state index is -0.633. The predicted octanol–water partition coefficient (Wildman–Crippen LogP) is 4.17. The quantitative estimate of drug-likeness (QED) is 0.710. The Hall–Kier alpha value is -0.480.